The fourth-order valence-electron chi connectivity index (χ4n) is 1.60. The summed E-state index contributed by atoms with van der Waals surface area (Å²) in [6.07, 6.45) is 1.45. The summed E-state index contributed by atoms with van der Waals surface area (Å²) in [5.74, 6) is 0.164. The number of nitrogens with one attached hydrogen (secondary N) is 1. The van der Waals surface area contributed by atoms with Crippen LogP contribution in [0, 0.1) is 0 Å². The molecule has 122 valence electrons. The van der Waals surface area contributed by atoms with E-state index in [4.69, 9.17) is 4.42 Å². The summed E-state index contributed by atoms with van der Waals surface area (Å²) in [6, 6.07) is 6.42. The number of nitrogens with zero attached hydrogens (tertiary/aromatic N) is 1. The van der Waals surface area contributed by atoms with Crippen molar-refractivity contribution >= 4 is 31.4 Å². The van der Waals surface area contributed by atoms with Gasteiger partial charge in [-0.1, -0.05) is 6.07 Å². The van der Waals surface area contributed by atoms with Gasteiger partial charge >= 0.3 is 0 Å². The van der Waals surface area contributed by atoms with Crippen molar-refractivity contribution < 1.29 is 21.3 Å². The molecule has 7 nitrogen and oxygen atoms in total. The van der Waals surface area contributed by atoms with Crippen LogP contribution in [0.2, 0.25) is 0 Å². The maximum Gasteiger partial charge on any atom is 0.252 e. The zero-order valence-corrected chi connectivity index (χ0v) is 14.2. The number of thiophene rings is 1. The van der Waals surface area contributed by atoms with E-state index in [1.54, 1.807) is 23.6 Å². The Kier molecular flexibility index (Phi) is 5.40. The summed E-state index contributed by atoms with van der Waals surface area (Å²) < 4.78 is 56.7. The fourth-order valence-corrected chi connectivity index (χ4v) is 5.11. The Balaban J connectivity index is 1.91. The van der Waals surface area contributed by atoms with Gasteiger partial charge in [-0.2, -0.15) is 4.31 Å². The second-order valence-electron chi connectivity index (χ2n) is 4.48. The summed E-state index contributed by atoms with van der Waals surface area (Å²) >= 11 is 1.09. The Bertz CT molecular complexity index is 780. The van der Waals surface area contributed by atoms with Crippen LogP contribution in [0.5, 0.6) is 0 Å². The summed E-state index contributed by atoms with van der Waals surface area (Å²) in [7, 11) is -5.87. The molecule has 2 aromatic heterocycles. The topological polar surface area (TPSA) is 96.7 Å². The number of hydrogen-bond acceptors (Lipinski definition) is 6. The Morgan fingerprint density at radius 2 is 2.00 bits per heavy atom. The van der Waals surface area contributed by atoms with Crippen LogP contribution in [0.3, 0.4) is 0 Å². The van der Waals surface area contributed by atoms with Crippen LogP contribution in [0.25, 0.3) is 0 Å². The van der Waals surface area contributed by atoms with Crippen molar-refractivity contribution in [3.05, 3.63) is 41.7 Å². The zero-order chi connectivity index (χ0) is 16.2. The van der Waals surface area contributed by atoms with Gasteiger partial charge in [0, 0.05) is 13.6 Å². The molecule has 0 fully saturated rings. The van der Waals surface area contributed by atoms with Crippen molar-refractivity contribution in [3.63, 3.8) is 0 Å². The average Bonchev–Trinajstić information content (AvgIpc) is 3.15. The molecule has 0 amide bonds. The second-order valence-corrected chi connectivity index (χ2v) is 9.62. The molecule has 2 rings (SSSR count). The summed E-state index contributed by atoms with van der Waals surface area (Å²) in [6.45, 7) is -0.0928. The number of rotatable bonds is 8. The number of sulfonamides is 2. The van der Waals surface area contributed by atoms with Crippen molar-refractivity contribution in [2.24, 2.45) is 0 Å². The Labute approximate surface area is 133 Å². The monoisotopic (exact) mass is 364 g/mol. The van der Waals surface area contributed by atoms with Crippen molar-refractivity contribution in [3.8, 4) is 0 Å². The maximum absolute atomic E-state index is 12.2. The average molecular weight is 364 g/mol. The quantitative estimate of drug-likeness (QED) is 0.756. The smallest absolute Gasteiger partial charge is 0.252 e. The number of hydrogen-bond donors (Lipinski definition) is 1. The molecule has 0 aliphatic carbocycles. The highest BCUT2D eigenvalue weighted by Gasteiger charge is 2.23. The fraction of sp³-hybridized carbons (Fsp3) is 0.333. The summed E-state index contributed by atoms with van der Waals surface area (Å²) in [5.41, 5.74) is 0. The highest BCUT2D eigenvalue weighted by atomic mass is 32.2. The van der Waals surface area contributed by atoms with E-state index in [2.05, 4.69) is 4.72 Å². The lowest BCUT2D eigenvalue weighted by molar-refractivity contribution is 0.481. The highest BCUT2D eigenvalue weighted by molar-refractivity contribution is 7.91. The first-order chi connectivity index (χ1) is 10.3. The van der Waals surface area contributed by atoms with Gasteiger partial charge in [-0.3, -0.25) is 0 Å². The van der Waals surface area contributed by atoms with Crippen molar-refractivity contribution in [1.29, 1.82) is 0 Å². The van der Waals surface area contributed by atoms with Crippen molar-refractivity contribution in [2.75, 3.05) is 19.3 Å². The third-order valence-electron chi connectivity index (χ3n) is 2.88. The molecule has 22 heavy (non-hydrogen) atoms. The minimum Gasteiger partial charge on any atom is -0.468 e. The predicted molar refractivity (Wildman–Crippen MR) is 83.5 cm³/mol. The third-order valence-corrected chi connectivity index (χ3v) is 7.42. The van der Waals surface area contributed by atoms with Gasteiger partial charge in [0.05, 0.1) is 18.6 Å². The van der Waals surface area contributed by atoms with E-state index < -0.39 is 20.0 Å². The van der Waals surface area contributed by atoms with E-state index in [9.17, 15) is 16.8 Å². The highest BCUT2D eigenvalue weighted by Crippen LogP contribution is 2.19. The van der Waals surface area contributed by atoms with Crippen LogP contribution in [0.1, 0.15) is 5.76 Å². The largest absolute Gasteiger partial charge is 0.468 e. The molecule has 0 atom stereocenters. The minimum absolute atomic E-state index is 0.0384. The molecule has 10 heteroatoms. The molecule has 0 saturated carbocycles. The van der Waals surface area contributed by atoms with Gasteiger partial charge in [0.15, 0.2) is 0 Å². The van der Waals surface area contributed by atoms with E-state index in [1.165, 1.54) is 19.4 Å². The molecular formula is C12H16N2O5S3. The molecule has 2 aromatic rings. The molecule has 0 aliphatic rings. The van der Waals surface area contributed by atoms with Crippen molar-refractivity contribution in [2.45, 2.75) is 10.8 Å². The van der Waals surface area contributed by atoms with Crippen LogP contribution < -0.4 is 4.72 Å². The van der Waals surface area contributed by atoms with E-state index >= 15 is 0 Å². The first-order valence-corrected chi connectivity index (χ1v) is 10.3. The molecule has 2 heterocycles. The van der Waals surface area contributed by atoms with Gasteiger partial charge in [0.2, 0.25) is 10.0 Å². The predicted octanol–water partition coefficient (Wildman–Crippen LogP) is 1.08. The Morgan fingerprint density at radius 1 is 1.23 bits per heavy atom. The molecule has 0 aromatic carbocycles. The normalized spacial score (nSPS) is 12.8. The zero-order valence-electron chi connectivity index (χ0n) is 11.8. The lowest BCUT2D eigenvalue weighted by Gasteiger charge is -2.16. The van der Waals surface area contributed by atoms with Gasteiger partial charge in [0.25, 0.3) is 10.0 Å². The van der Waals surface area contributed by atoms with Crippen molar-refractivity contribution in [1.82, 2.24) is 9.03 Å². The van der Waals surface area contributed by atoms with Gasteiger partial charge < -0.3 is 4.42 Å². The van der Waals surface area contributed by atoms with Crippen LogP contribution in [-0.4, -0.2) is 40.5 Å². The molecule has 0 radical (unpaired) electrons. The van der Waals surface area contributed by atoms with E-state index in [0.29, 0.717) is 5.76 Å². The molecule has 1 N–H and O–H groups in total. The van der Waals surface area contributed by atoms with E-state index in [1.807, 2.05) is 0 Å². The summed E-state index contributed by atoms with van der Waals surface area (Å²) in [4.78, 5) is 0. The maximum atomic E-state index is 12.2. The first kappa shape index (κ1) is 17.2. The minimum atomic E-state index is -3.64. The second kappa shape index (κ2) is 6.92. The Morgan fingerprint density at radius 3 is 2.59 bits per heavy atom. The van der Waals surface area contributed by atoms with Crippen LogP contribution in [0.15, 0.2) is 44.5 Å². The third kappa shape index (κ3) is 4.40. The van der Waals surface area contributed by atoms with Gasteiger partial charge in [-0.15, -0.1) is 11.3 Å². The van der Waals surface area contributed by atoms with Crippen LogP contribution >= 0.6 is 11.3 Å². The molecule has 0 saturated heterocycles. The lowest BCUT2D eigenvalue weighted by Crippen LogP contribution is -2.35. The van der Waals surface area contributed by atoms with Gasteiger partial charge in [-0.25, -0.2) is 21.6 Å². The molecule has 0 aliphatic heterocycles. The van der Waals surface area contributed by atoms with Crippen LogP contribution in [0.4, 0.5) is 0 Å². The molecular weight excluding hydrogens is 348 g/mol. The standard InChI is InChI=1S/C12H16N2O5S3/c1-14(22(17,18)12-5-3-8-20-12)6-9-21(15,16)13-10-11-4-2-7-19-11/h2-5,7-8,13H,6,9-10H2,1H3. The number of furan rings is 1. The molecule has 0 bridgehead atoms. The summed E-state index contributed by atoms with van der Waals surface area (Å²) in [5, 5.41) is 1.66. The molecule has 0 unspecified atom stereocenters. The molecule has 0 spiro atoms. The lowest BCUT2D eigenvalue weighted by atomic mass is 10.5. The Hall–Kier alpha value is -1.20. The van der Waals surface area contributed by atoms with E-state index in [0.717, 1.165) is 15.6 Å². The van der Waals surface area contributed by atoms with Gasteiger partial charge in [0.1, 0.15) is 9.97 Å². The first-order valence-electron chi connectivity index (χ1n) is 6.31. The van der Waals surface area contributed by atoms with Gasteiger partial charge in [-0.05, 0) is 23.6 Å². The van der Waals surface area contributed by atoms with E-state index in [-0.39, 0.29) is 23.1 Å². The van der Waals surface area contributed by atoms with Crippen LogP contribution in [-0.2, 0) is 26.6 Å². The SMILES string of the molecule is CN(CCS(=O)(=O)NCc1ccco1)S(=O)(=O)c1cccs1.